The molecule has 4 heteroatoms. The Kier molecular flexibility index (Phi) is 3.55. The number of amides is 1. The highest BCUT2D eigenvalue weighted by molar-refractivity contribution is 5.87. The van der Waals surface area contributed by atoms with Crippen LogP contribution in [0.2, 0.25) is 0 Å². The normalized spacial score (nSPS) is 41.7. The monoisotopic (exact) mass is 304 g/mol. The van der Waals surface area contributed by atoms with Gasteiger partial charge in [0.25, 0.3) is 0 Å². The molecule has 1 amide bonds. The molecule has 4 nitrogen and oxygen atoms in total. The van der Waals surface area contributed by atoms with Crippen LogP contribution in [0.25, 0.3) is 0 Å². The highest BCUT2D eigenvalue weighted by atomic mass is 16.1. The number of nitrogens with two attached hydrogens (primary N) is 1. The highest BCUT2D eigenvalue weighted by Crippen LogP contribution is 2.60. The first-order valence-electron chi connectivity index (χ1n) is 9.09. The number of carbonyl (C=O) groups excluding carboxylic acids is 2. The van der Waals surface area contributed by atoms with Crippen LogP contribution in [-0.4, -0.2) is 36.2 Å². The predicted molar refractivity (Wildman–Crippen MR) is 84.0 cm³/mol. The summed E-state index contributed by atoms with van der Waals surface area (Å²) in [4.78, 5) is 26.6. The Bertz CT molecular complexity index is 444. The van der Waals surface area contributed by atoms with Gasteiger partial charge in [-0.25, -0.2) is 0 Å². The number of hydrogen-bond acceptors (Lipinski definition) is 3. The lowest BCUT2D eigenvalue weighted by Gasteiger charge is -2.56. The van der Waals surface area contributed by atoms with Crippen molar-refractivity contribution < 1.29 is 9.59 Å². The van der Waals surface area contributed by atoms with Crippen LogP contribution >= 0.6 is 0 Å². The summed E-state index contributed by atoms with van der Waals surface area (Å²) in [5.74, 6) is 2.84. The Balaban J connectivity index is 1.38. The Hall–Kier alpha value is -0.900. The minimum atomic E-state index is -0.174. The van der Waals surface area contributed by atoms with Crippen molar-refractivity contribution in [1.29, 1.82) is 0 Å². The maximum Gasteiger partial charge on any atom is 0.220 e. The topological polar surface area (TPSA) is 63.4 Å². The fourth-order valence-electron chi connectivity index (χ4n) is 6.20. The fraction of sp³-hybridized carbons (Fsp3) is 0.889. The van der Waals surface area contributed by atoms with Crippen LogP contribution < -0.4 is 5.73 Å². The van der Waals surface area contributed by atoms with Crippen molar-refractivity contribution in [2.45, 2.75) is 51.4 Å². The van der Waals surface area contributed by atoms with E-state index >= 15 is 0 Å². The molecule has 1 saturated heterocycles. The zero-order chi connectivity index (χ0) is 15.3. The van der Waals surface area contributed by atoms with Gasteiger partial charge in [0.1, 0.15) is 0 Å². The van der Waals surface area contributed by atoms with Gasteiger partial charge in [-0.15, -0.1) is 0 Å². The molecule has 4 bridgehead atoms. The van der Waals surface area contributed by atoms with Gasteiger partial charge in [0.2, 0.25) is 5.91 Å². The van der Waals surface area contributed by atoms with E-state index in [9.17, 15) is 9.59 Å². The Morgan fingerprint density at radius 3 is 1.91 bits per heavy atom. The van der Waals surface area contributed by atoms with Crippen LogP contribution in [0, 0.1) is 29.1 Å². The predicted octanol–water partition coefficient (Wildman–Crippen LogP) is 1.97. The van der Waals surface area contributed by atoms with Crippen LogP contribution in [0.3, 0.4) is 0 Å². The number of ketones is 1. The molecule has 4 aliphatic carbocycles. The van der Waals surface area contributed by atoms with Gasteiger partial charge in [-0.1, -0.05) is 0 Å². The zero-order valence-corrected chi connectivity index (χ0v) is 13.4. The Morgan fingerprint density at radius 2 is 1.45 bits per heavy atom. The number of piperidine rings is 1. The minimum Gasteiger partial charge on any atom is -0.369 e. The van der Waals surface area contributed by atoms with E-state index in [0.717, 1.165) is 62.9 Å². The van der Waals surface area contributed by atoms with Crippen LogP contribution in [0.5, 0.6) is 0 Å². The van der Waals surface area contributed by atoms with Crippen LogP contribution in [-0.2, 0) is 9.59 Å². The molecule has 0 atom stereocenters. The van der Waals surface area contributed by atoms with E-state index < -0.39 is 0 Å². The number of hydrogen-bond donors (Lipinski definition) is 1. The van der Waals surface area contributed by atoms with E-state index in [1.165, 1.54) is 19.3 Å². The van der Waals surface area contributed by atoms with Gasteiger partial charge < -0.3 is 5.73 Å². The zero-order valence-electron chi connectivity index (χ0n) is 13.4. The summed E-state index contributed by atoms with van der Waals surface area (Å²) in [7, 11) is 0. The van der Waals surface area contributed by atoms with E-state index in [1.807, 2.05) is 0 Å². The molecule has 0 aromatic heterocycles. The second kappa shape index (κ2) is 5.33. The first kappa shape index (κ1) is 14.7. The van der Waals surface area contributed by atoms with Gasteiger partial charge in [-0.2, -0.15) is 0 Å². The summed E-state index contributed by atoms with van der Waals surface area (Å²) < 4.78 is 0. The summed E-state index contributed by atoms with van der Waals surface area (Å²) in [6.07, 6.45) is 9.29. The van der Waals surface area contributed by atoms with Gasteiger partial charge in [-0.3, -0.25) is 14.5 Å². The number of likely N-dealkylation sites (tertiary alicyclic amines) is 1. The molecule has 2 N–H and O–H groups in total. The van der Waals surface area contributed by atoms with E-state index in [1.54, 1.807) is 0 Å². The molecular weight excluding hydrogens is 276 g/mol. The molecule has 5 aliphatic rings. The van der Waals surface area contributed by atoms with Crippen molar-refractivity contribution in [1.82, 2.24) is 4.90 Å². The van der Waals surface area contributed by atoms with E-state index in [0.29, 0.717) is 12.3 Å². The standard InChI is InChI=1S/C18H28N2O2/c19-17(22)15-1-3-20(4-2-15)11-16(21)18-8-12-5-13(9-18)7-14(6-12)10-18/h12-15H,1-11H2,(H2,19,22). The maximum absolute atomic E-state index is 13.0. The minimum absolute atomic E-state index is 0.0194. The average molecular weight is 304 g/mol. The lowest BCUT2D eigenvalue weighted by Crippen LogP contribution is -2.53. The molecule has 5 fully saturated rings. The third-order valence-electron chi connectivity index (χ3n) is 6.99. The van der Waals surface area contributed by atoms with Crippen molar-refractivity contribution in [3.63, 3.8) is 0 Å². The second-order valence-electron chi connectivity index (χ2n) is 8.57. The molecule has 0 radical (unpaired) electrons. The highest BCUT2D eigenvalue weighted by Gasteiger charge is 2.54. The summed E-state index contributed by atoms with van der Waals surface area (Å²) in [5, 5.41) is 0. The fourth-order valence-corrected chi connectivity index (χ4v) is 6.20. The third-order valence-corrected chi connectivity index (χ3v) is 6.99. The quantitative estimate of drug-likeness (QED) is 0.863. The molecule has 1 heterocycles. The van der Waals surface area contributed by atoms with Crippen molar-refractivity contribution in [2.75, 3.05) is 19.6 Å². The molecule has 0 aromatic carbocycles. The number of Topliss-reactive ketones (excluding diaryl/α,β-unsaturated/α-hetero) is 1. The van der Waals surface area contributed by atoms with Crippen LogP contribution in [0.1, 0.15) is 51.4 Å². The third kappa shape index (κ3) is 2.49. The molecule has 4 saturated carbocycles. The lowest BCUT2D eigenvalue weighted by atomic mass is 9.48. The smallest absolute Gasteiger partial charge is 0.220 e. The SMILES string of the molecule is NC(=O)C1CCN(CC(=O)C23CC4CC(CC(C4)C2)C3)CC1. The van der Waals surface area contributed by atoms with E-state index in [2.05, 4.69) is 4.90 Å². The van der Waals surface area contributed by atoms with Gasteiger partial charge in [0, 0.05) is 11.3 Å². The molecule has 22 heavy (non-hydrogen) atoms. The Labute approximate surface area is 132 Å². The van der Waals surface area contributed by atoms with Crippen molar-refractivity contribution >= 4 is 11.7 Å². The molecular formula is C18H28N2O2. The summed E-state index contributed by atoms with van der Waals surface area (Å²) in [5.41, 5.74) is 5.42. The number of carbonyl (C=O) groups is 2. The molecule has 0 unspecified atom stereocenters. The average Bonchev–Trinajstić information content (AvgIpc) is 2.46. The number of nitrogens with zero attached hydrogens (tertiary/aromatic N) is 1. The summed E-state index contributed by atoms with van der Waals surface area (Å²) >= 11 is 0. The molecule has 5 rings (SSSR count). The second-order valence-corrected chi connectivity index (χ2v) is 8.57. The summed E-state index contributed by atoms with van der Waals surface area (Å²) in [6, 6.07) is 0. The number of primary amides is 1. The van der Waals surface area contributed by atoms with Gasteiger partial charge in [0.15, 0.2) is 5.78 Å². The van der Waals surface area contributed by atoms with E-state index in [-0.39, 0.29) is 17.2 Å². The van der Waals surface area contributed by atoms with E-state index in [4.69, 9.17) is 5.73 Å². The largest absolute Gasteiger partial charge is 0.369 e. The summed E-state index contributed by atoms with van der Waals surface area (Å²) in [6.45, 7) is 2.31. The Morgan fingerprint density at radius 1 is 0.955 bits per heavy atom. The van der Waals surface area contributed by atoms with Crippen LogP contribution in [0.15, 0.2) is 0 Å². The first-order chi connectivity index (χ1) is 10.5. The maximum atomic E-state index is 13.0. The van der Waals surface area contributed by atoms with Gasteiger partial charge >= 0.3 is 0 Å². The molecule has 1 aliphatic heterocycles. The molecule has 0 spiro atoms. The molecule has 0 aromatic rings. The lowest BCUT2D eigenvalue weighted by molar-refractivity contribution is -0.145. The van der Waals surface area contributed by atoms with Crippen LogP contribution in [0.4, 0.5) is 0 Å². The van der Waals surface area contributed by atoms with Crippen molar-refractivity contribution in [2.24, 2.45) is 34.8 Å². The van der Waals surface area contributed by atoms with Gasteiger partial charge in [-0.05, 0) is 82.2 Å². The van der Waals surface area contributed by atoms with Crippen molar-refractivity contribution in [3.05, 3.63) is 0 Å². The number of rotatable bonds is 4. The van der Waals surface area contributed by atoms with Gasteiger partial charge in [0.05, 0.1) is 6.54 Å². The first-order valence-corrected chi connectivity index (χ1v) is 9.09. The van der Waals surface area contributed by atoms with Crippen molar-refractivity contribution in [3.8, 4) is 0 Å². The molecule has 122 valence electrons.